The first-order valence-electron chi connectivity index (χ1n) is 6.14. The summed E-state index contributed by atoms with van der Waals surface area (Å²) >= 11 is 0. The zero-order valence-electron chi connectivity index (χ0n) is 10.6. The summed E-state index contributed by atoms with van der Waals surface area (Å²) < 4.78 is 17.2. The molecule has 0 spiro atoms. The van der Waals surface area contributed by atoms with E-state index >= 15 is 0 Å². The zero-order chi connectivity index (χ0) is 13.4. The van der Waals surface area contributed by atoms with Gasteiger partial charge in [0.1, 0.15) is 5.82 Å². The first-order chi connectivity index (χ1) is 8.63. The number of aliphatic hydroxyl groups excluding tert-OH is 1. The number of rotatable bonds is 7. The second-order valence-corrected chi connectivity index (χ2v) is 4.24. The van der Waals surface area contributed by atoms with Crippen molar-refractivity contribution >= 4 is 5.97 Å². The van der Waals surface area contributed by atoms with Crippen LogP contribution < -0.4 is 0 Å². The molecule has 1 aromatic rings. The molecule has 1 aromatic carbocycles. The Balaban J connectivity index is 2.19. The van der Waals surface area contributed by atoms with Gasteiger partial charge in [-0.3, -0.25) is 4.79 Å². The van der Waals surface area contributed by atoms with E-state index < -0.39 is 6.10 Å². The number of halogens is 1. The molecule has 0 aromatic heterocycles. The highest BCUT2D eigenvalue weighted by atomic mass is 19.1. The predicted molar refractivity (Wildman–Crippen MR) is 66.5 cm³/mol. The minimum Gasteiger partial charge on any atom is -0.469 e. The third kappa shape index (κ3) is 5.27. The first kappa shape index (κ1) is 14.6. The van der Waals surface area contributed by atoms with Crippen LogP contribution in [-0.4, -0.2) is 18.2 Å². The maximum atomic E-state index is 12.7. The molecule has 0 aliphatic heterocycles. The van der Waals surface area contributed by atoms with Crippen LogP contribution in [0.3, 0.4) is 0 Å². The topological polar surface area (TPSA) is 46.5 Å². The minimum atomic E-state index is -0.566. The fraction of sp³-hybridized carbons (Fsp3) is 0.500. The highest BCUT2D eigenvalue weighted by Gasteiger charge is 2.07. The molecular formula is C14H19FO3. The monoisotopic (exact) mass is 254 g/mol. The van der Waals surface area contributed by atoms with E-state index in [0.717, 1.165) is 24.8 Å². The zero-order valence-corrected chi connectivity index (χ0v) is 10.6. The van der Waals surface area contributed by atoms with Crippen LogP contribution in [0.5, 0.6) is 0 Å². The summed E-state index contributed by atoms with van der Waals surface area (Å²) in [5, 5.41) is 9.85. The van der Waals surface area contributed by atoms with E-state index in [-0.39, 0.29) is 11.8 Å². The number of hydrogen-bond acceptors (Lipinski definition) is 3. The summed E-state index contributed by atoms with van der Waals surface area (Å²) in [7, 11) is 1.38. The van der Waals surface area contributed by atoms with Crippen LogP contribution in [-0.2, 0) is 9.53 Å². The Morgan fingerprint density at radius 2 is 1.94 bits per heavy atom. The molecule has 100 valence electrons. The molecule has 0 aliphatic rings. The third-order valence-electron chi connectivity index (χ3n) is 2.84. The van der Waals surface area contributed by atoms with Gasteiger partial charge in [0.05, 0.1) is 13.2 Å². The fourth-order valence-corrected chi connectivity index (χ4v) is 1.74. The SMILES string of the molecule is COC(=O)CCCCC[C@@H](O)c1ccc(F)cc1. The number of unbranched alkanes of at least 4 members (excludes halogenated alkanes) is 2. The van der Waals surface area contributed by atoms with E-state index in [4.69, 9.17) is 0 Å². The van der Waals surface area contributed by atoms with Crippen molar-refractivity contribution in [3.8, 4) is 0 Å². The molecule has 1 atom stereocenters. The number of esters is 1. The van der Waals surface area contributed by atoms with Crippen molar-refractivity contribution in [1.29, 1.82) is 0 Å². The van der Waals surface area contributed by atoms with Gasteiger partial charge < -0.3 is 9.84 Å². The number of ether oxygens (including phenoxy) is 1. The van der Waals surface area contributed by atoms with Crippen molar-refractivity contribution in [1.82, 2.24) is 0 Å². The molecular weight excluding hydrogens is 235 g/mol. The number of methoxy groups -OCH3 is 1. The molecule has 0 unspecified atom stereocenters. The van der Waals surface area contributed by atoms with Crippen LogP contribution in [0.1, 0.15) is 43.8 Å². The van der Waals surface area contributed by atoms with E-state index in [9.17, 15) is 14.3 Å². The van der Waals surface area contributed by atoms with Crippen LogP contribution in [0.4, 0.5) is 4.39 Å². The lowest BCUT2D eigenvalue weighted by atomic mass is 10.0. The molecule has 1 N–H and O–H groups in total. The smallest absolute Gasteiger partial charge is 0.305 e. The number of carbonyl (C=O) groups excluding carboxylic acids is 1. The molecule has 0 saturated carbocycles. The Bertz CT molecular complexity index is 362. The summed E-state index contributed by atoms with van der Waals surface area (Å²) in [5.74, 6) is -0.502. The average molecular weight is 254 g/mol. The van der Waals surface area contributed by atoms with Gasteiger partial charge in [0.15, 0.2) is 0 Å². The van der Waals surface area contributed by atoms with Gasteiger partial charge in [-0.1, -0.05) is 25.0 Å². The summed E-state index contributed by atoms with van der Waals surface area (Å²) in [4.78, 5) is 10.9. The van der Waals surface area contributed by atoms with Crippen molar-refractivity contribution in [2.24, 2.45) is 0 Å². The Kier molecular flexibility index (Phi) is 6.36. The summed E-state index contributed by atoms with van der Waals surface area (Å²) in [6.45, 7) is 0. The summed E-state index contributed by atoms with van der Waals surface area (Å²) in [6.07, 6.45) is 2.94. The van der Waals surface area contributed by atoms with Gasteiger partial charge in [0.2, 0.25) is 0 Å². The lowest BCUT2D eigenvalue weighted by Gasteiger charge is -2.10. The molecule has 3 nitrogen and oxygen atoms in total. The summed E-state index contributed by atoms with van der Waals surface area (Å²) in [5.41, 5.74) is 0.726. The Labute approximate surface area is 107 Å². The number of aliphatic hydroxyl groups is 1. The van der Waals surface area contributed by atoms with E-state index in [1.807, 2.05) is 0 Å². The normalized spacial score (nSPS) is 12.2. The molecule has 0 amide bonds. The number of benzene rings is 1. The molecule has 0 aliphatic carbocycles. The fourth-order valence-electron chi connectivity index (χ4n) is 1.74. The highest BCUT2D eigenvalue weighted by Crippen LogP contribution is 2.20. The Hall–Kier alpha value is -1.42. The second kappa shape index (κ2) is 7.82. The quantitative estimate of drug-likeness (QED) is 0.601. The molecule has 0 heterocycles. The van der Waals surface area contributed by atoms with Crippen molar-refractivity contribution in [2.45, 2.75) is 38.2 Å². The van der Waals surface area contributed by atoms with Gasteiger partial charge in [-0.05, 0) is 30.5 Å². The molecule has 0 bridgehead atoms. The Morgan fingerprint density at radius 1 is 1.28 bits per heavy atom. The van der Waals surface area contributed by atoms with E-state index in [1.165, 1.54) is 19.2 Å². The standard InChI is InChI=1S/C14H19FO3/c1-18-14(17)6-4-2-3-5-13(16)11-7-9-12(15)10-8-11/h7-10,13,16H,2-6H2,1H3/t13-/m1/s1. The van der Waals surface area contributed by atoms with Gasteiger partial charge in [-0.2, -0.15) is 0 Å². The van der Waals surface area contributed by atoms with Gasteiger partial charge >= 0.3 is 5.97 Å². The van der Waals surface area contributed by atoms with Gasteiger partial charge in [-0.25, -0.2) is 4.39 Å². The van der Waals surface area contributed by atoms with Crippen LogP contribution >= 0.6 is 0 Å². The second-order valence-electron chi connectivity index (χ2n) is 4.24. The molecule has 0 radical (unpaired) electrons. The minimum absolute atomic E-state index is 0.200. The maximum Gasteiger partial charge on any atom is 0.305 e. The van der Waals surface area contributed by atoms with Crippen molar-refractivity contribution in [2.75, 3.05) is 7.11 Å². The third-order valence-corrected chi connectivity index (χ3v) is 2.84. The van der Waals surface area contributed by atoms with Crippen LogP contribution in [0, 0.1) is 5.82 Å². The van der Waals surface area contributed by atoms with E-state index in [0.29, 0.717) is 12.8 Å². The van der Waals surface area contributed by atoms with Gasteiger partial charge in [-0.15, -0.1) is 0 Å². The largest absolute Gasteiger partial charge is 0.469 e. The number of carbonyl (C=O) groups is 1. The van der Waals surface area contributed by atoms with Crippen LogP contribution in [0.25, 0.3) is 0 Å². The lowest BCUT2D eigenvalue weighted by molar-refractivity contribution is -0.140. The van der Waals surface area contributed by atoms with E-state index in [2.05, 4.69) is 4.74 Å². The molecule has 1 rings (SSSR count). The van der Waals surface area contributed by atoms with Crippen LogP contribution in [0.15, 0.2) is 24.3 Å². The first-order valence-corrected chi connectivity index (χ1v) is 6.14. The van der Waals surface area contributed by atoms with Gasteiger partial charge in [0.25, 0.3) is 0 Å². The molecule has 18 heavy (non-hydrogen) atoms. The van der Waals surface area contributed by atoms with Gasteiger partial charge in [0, 0.05) is 6.42 Å². The van der Waals surface area contributed by atoms with E-state index in [1.54, 1.807) is 12.1 Å². The molecule has 0 saturated heterocycles. The Morgan fingerprint density at radius 3 is 2.56 bits per heavy atom. The molecule has 0 fully saturated rings. The van der Waals surface area contributed by atoms with Crippen molar-refractivity contribution < 1.29 is 19.0 Å². The maximum absolute atomic E-state index is 12.7. The highest BCUT2D eigenvalue weighted by molar-refractivity contribution is 5.68. The lowest BCUT2D eigenvalue weighted by Crippen LogP contribution is -2.00. The van der Waals surface area contributed by atoms with Crippen LogP contribution in [0.2, 0.25) is 0 Å². The predicted octanol–water partition coefficient (Wildman–Crippen LogP) is 2.98. The number of hydrogen-bond donors (Lipinski definition) is 1. The van der Waals surface area contributed by atoms with Crippen molar-refractivity contribution in [3.05, 3.63) is 35.6 Å². The average Bonchev–Trinajstić information content (AvgIpc) is 2.38. The van der Waals surface area contributed by atoms with Crippen molar-refractivity contribution in [3.63, 3.8) is 0 Å². The molecule has 4 heteroatoms. The summed E-state index contributed by atoms with van der Waals surface area (Å²) in [6, 6.07) is 5.87.